The molecule has 1 atom stereocenters. The molecule has 1 N–H and O–H groups in total. The Morgan fingerprint density at radius 3 is 2.44 bits per heavy atom. The van der Waals surface area contributed by atoms with Crippen LogP contribution in [0.3, 0.4) is 0 Å². The van der Waals surface area contributed by atoms with Crippen LogP contribution in [0.4, 0.5) is 0 Å². The quantitative estimate of drug-likeness (QED) is 0.750. The Hall–Kier alpha value is -0.380. The van der Waals surface area contributed by atoms with Crippen molar-refractivity contribution in [1.82, 2.24) is 0 Å². The minimum absolute atomic E-state index is 0.124. The maximum absolute atomic E-state index is 9.82. The van der Waals surface area contributed by atoms with E-state index in [1.807, 2.05) is 6.08 Å². The molecular weight excluding hydrogens is 204 g/mol. The van der Waals surface area contributed by atoms with Gasteiger partial charge in [-0.05, 0) is 19.3 Å². The summed E-state index contributed by atoms with van der Waals surface area (Å²) in [5.74, 6) is -0.549. The van der Waals surface area contributed by atoms with Crippen LogP contribution in [0.1, 0.15) is 38.5 Å². The van der Waals surface area contributed by atoms with Crippen molar-refractivity contribution in [3.8, 4) is 0 Å². The monoisotopic (exact) mass is 226 g/mol. The second-order valence-electron chi connectivity index (χ2n) is 4.94. The zero-order valence-electron chi connectivity index (χ0n) is 9.91. The number of hydrogen-bond acceptors (Lipinski definition) is 3. The molecule has 0 bridgehead atoms. The fourth-order valence-corrected chi connectivity index (χ4v) is 3.16. The largest absolute Gasteiger partial charge is 0.396 e. The first-order chi connectivity index (χ1) is 7.79. The smallest absolute Gasteiger partial charge is 0.176 e. The van der Waals surface area contributed by atoms with Crippen LogP contribution in [0.5, 0.6) is 0 Å². The Morgan fingerprint density at radius 2 is 1.81 bits per heavy atom. The van der Waals surface area contributed by atoms with E-state index in [1.165, 1.54) is 6.42 Å². The second kappa shape index (κ2) is 4.86. The number of aliphatic hydroxyl groups is 1. The minimum atomic E-state index is -0.549. The summed E-state index contributed by atoms with van der Waals surface area (Å²) >= 11 is 0. The molecule has 16 heavy (non-hydrogen) atoms. The number of ether oxygens (including phenoxy) is 2. The second-order valence-corrected chi connectivity index (χ2v) is 4.94. The third-order valence-electron chi connectivity index (χ3n) is 4.06. The molecule has 0 radical (unpaired) electrons. The van der Waals surface area contributed by atoms with Crippen LogP contribution >= 0.6 is 0 Å². The van der Waals surface area contributed by atoms with E-state index in [9.17, 15) is 5.11 Å². The summed E-state index contributed by atoms with van der Waals surface area (Å²) in [6.07, 6.45) is 7.99. The standard InChI is InChI=1S/C13H22O3/c1-2-6-12(11-14)7-4-3-5-8-13(12)15-9-10-16-13/h2,14H,1,3-11H2. The first kappa shape index (κ1) is 12.1. The molecule has 0 aromatic heterocycles. The summed E-state index contributed by atoms with van der Waals surface area (Å²) in [6, 6.07) is 0. The normalized spacial score (nSPS) is 33.8. The van der Waals surface area contributed by atoms with Crippen molar-refractivity contribution in [2.45, 2.75) is 44.3 Å². The maximum Gasteiger partial charge on any atom is 0.176 e. The summed E-state index contributed by atoms with van der Waals surface area (Å²) in [7, 11) is 0. The lowest BCUT2D eigenvalue weighted by Gasteiger charge is -2.44. The van der Waals surface area contributed by atoms with Crippen LogP contribution in [0, 0.1) is 5.41 Å². The Balaban J connectivity index is 2.29. The van der Waals surface area contributed by atoms with Gasteiger partial charge in [0, 0.05) is 6.42 Å². The topological polar surface area (TPSA) is 38.7 Å². The fraction of sp³-hybridized carbons (Fsp3) is 0.846. The molecule has 3 nitrogen and oxygen atoms in total. The summed E-state index contributed by atoms with van der Waals surface area (Å²) in [6.45, 7) is 5.24. The van der Waals surface area contributed by atoms with Gasteiger partial charge in [0.15, 0.2) is 5.79 Å². The van der Waals surface area contributed by atoms with Gasteiger partial charge in [-0.1, -0.05) is 18.9 Å². The van der Waals surface area contributed by atoms with E-state index in [2.05, 4.69) is 6.58 Å². The van der Waals surface area contributed by atoms with Crippen LogP contribution in [0.15, 0.2) is 12.7 Å². The molecule has 0 amide bonds. The van der Waals surface area contributed by atoms with Crippen LogP contribution in [0.25, 0.3) is 0 Å². The Morgan fingerprint density at radius 1 is 1.12 bits per heavy atom. The zero-order valence-corrected chi connectivity index (χ0v) is 9.91. The zero-order chi connectivity index (χ0) is 11.5. The maximum atomic E-state index is 9.82. The van der Waals surface area contributed by atoms with Crippen LogP contribution < -0.4 is 0 Å². The van der Waals surface area contributed by atoms with Crippen molar-refractivity contribution in [3.63, 3.8) is 0 Å². The Kier molecular flexibility index (Phi) is 3.67. The van der Waals surface area contributed by atoms with Crippen molar-refractivity contribution in [2.75, 3.05) is 19.8 Å². The molecule has 2 fully saturated rings. The molecule has 1 saturated carbocycles. The summed E-state index contributed by atoms with van der Waals surface area (Å²) in [5.41, 5.74) is -0.276. The first-order valence-electron chi connectivity index (χ1n) is 6.28. The lowest BCUT2D eigenvalue weighted by Crippen LogP contribution is -2.51. The van der Waals surface area contributed by atoms with Gasteiger partial charge in [-0.2, -0.15) is 0 Å². The van der Waals surface area contributed by atoms with Gasteiger partial charge in [0.2, 0.25) is 0 Å². The van der Waals surface area contributed by atoms with Gasteiger partial charge in [-0.15, -0.1) is 6.58 Å². The highest BCUT2D eigenvalue weighted by Gasteiger charge is 2.54. The lowest BCUT2D eigenvalue weighted by atomic mass is 9.73. The van der Waals surface area contributed by atoms with Gasteiger partial charge in [0.25, 0.3) is 0 Å². The molecule has 2 rings (SSSR count). The molecule has 1 aliphatic carbocycles. The van der Waals surface area contributed by atoms with Gasteiger partial charge in [0.1, 0.15) is 0 Å². The third-order valence-corrected chi connectivity index (χ3v) is 4.06. The summed E-state index contributed by atoms with van der Waals surface area (Å²) in [4.78, 5) is 0. The highest BCUT2D eigenvalue weighted by Crippen LogP contribution is 2.50. The average molecular weight is 226 g/mol. The molecule has 1 spiro atoms. The Bertz CT molecular complexity index is 246. The van der Waals surface area contributed by atoms with Crippen molar-refractivity contribution in [3.05, 3.63) is 12.7 Å². The van der Waals surface area contributed by atoms with Gasteiger partial charge in [0.05, 0.1) is 25.2 Å². The van der Waals surface area contributed by atoms with E-state index in [-0.39, 0.29) is 12.0 Å². The molecule has 0 aromatic carbocycles. The number of rotatable bonds is 3. The highest BCUT2D eigenvalue weighted by molar-refractivity contribution is 5.00. The summed E-state index contributed by atoms with van der Waals surface area (Å²) < 4.78 is 11.8. The summed E-state index contributed by atoms with van der Waals surface area (Å²) in [5, 5.41) is 9.82. The van der Waals surface area contributed by atoms with Crippen LogP contribution in [-0.2, 0) is 9.47 Å². The molecule has 3 heteroatoms. The molecule has 92 valence electrons. The number of aliphatic hydroxyl groups excluding tert-OH is 1. The van der Waals surface area contributed by atoms with E-state index < -0.39 is 5.79 Å². The van der Waals surface area contributed by atoms with E-state index in [0.717, 1.165) is 32.1 Å². The third kappa shape index (κ3) is 1.81. The number of allylic oxidation sites excluding steroid dienone is 1. The molecule has 1 aliphatic heterocycles. The van der Waals surface area contributed by atoms with Crippen LogP contribution in [0.2, 0.25) is 0 Å². The van der Waals surface area contributed by atoms with Gasteiger partial charge < -0.3 is 14.6 Å². The predicted molar refractivity (Wildman–Crippen MR) is 62.1 cm³/mol. The molecule has 1 unspecified atom stereocenters. The predicted octanol–water partition coefficient (Wildman–Crippen LogP) is 2.25. The Labute approximate surface area is 97.4 Å². The van der Waals surface area contributed by atoms with Gasteiger partial charge in [-0.3, -0.25) is 0 Å². The van der Waals surface area contributed by atoms with Crippen molar-refractivity contribution >= 4 is 0 Å². The van der Waals surface area contributed by atoms with E-state index in [4.69, 9.17) is 9.47 Å². The van der Waals surface area contributed by atoms with Crippen molar-refractivity contribution < 1.29 is 14.6 Å². The average Bonchev–Trinajstić information content (AvgIpc) is 2.69. The van der Waals surface area contributed by atoms with Crippen molar-refractivity contribution in [2.24, 2.45) is 5.41 Å². The lowest BCUT2D eigenvalue weighted by molar-refractivity contribution is -0.250. The fourth-order valence-electron chi connectivity index (χ4n) is 3.16. The molecule has 2 aliphatic rings. The highest BCUT2D eigenvalue weighted by atomic mass is 16.7. The van der Waals surface area contributed by atoms with E-state index in [1.54, 1.807) is 0 Å². The van der Waals surface area contributed by atoms with Gasteiger partial charge in [-0.25, -0.2) is 0 Å². The molecular formula is C13H22O3. The molecule has 1 saturated heterocycles. The van der Waals surface area contributed by atoms with Crippen LogP contribution in [-0.4, -0.2) is 30.7 Å². The first-order valence-corrected chi connectivity index (χ1v) is 6.28. The van der Waals surface area contributed by atoms with E-state index in [0.29, 0.717) is 13.2 Å². The van der Waals surface area contributed by atoms with Crippen molar-refractivity contribution in [1.29, 1.82) is 0 Å². The molecule has 1 heterocycles. The molecule has 0 aromatic rings. The minimum Gasteiger partial charge on any atom is -0.396 e. The van der Waals surface area contributed by atoms with E-state index >= 15 is 0 Å². The number of hydrogen-bond donors (Lipinski definition) is 1. The van der Waals surface area contributed by atoms with Gasteiger partial charge >= 0.3 is 0 Å². The SMILES string of the molecule is C=CCC1(CO)CCCCCC12OCCO2.